The fourth-order valence-electron chi connectivity index (χ4n) is 7.33. The van der Waals surface area contributed by atoms with E-state index in [4.69, 9.17) is 14.2 Å². The quantitative estimate of drug-likeness (QED) is 0.0262. The van der Waals surface area contributed by atoms with E-state index in [-0.39, 0.29) is 31.6 Å². The SMILES string of the molecule is CC/C=C\C/C=C\C/C=C\C/C=C\C/C=C\CCCCCC(=O)OC[C@H](COC(=O)CCCCCCCCC/C=C\CCCCCC)OC(=O)CC/C=C\C/C=C\C/C=C\C/C=C\C/C=C\CCCCC. The molecule has 0 heterocycles. The molecule has 0 rings (SSSR count). The van der Waals surface area contributed by atoms with Crippen molar-refractivity contribution < 1.29 is 28.6 Å². The number of rotatable bonds is 50. The van der Waals surface area contributed by atoms with E-state index in [1.165, 1.54) is 89.9 Å². The van der Waals surface area contributed by atoms with Gasteiger partial charge in [0.1, 0.15) is 13.2 Å². The van der Waals surface area contributed by atoms with Crippen LogP contribution < -0.4 is 0 Å². The van der Waals surface area contributed by atoms with E-state index in [0.717, 1.165) is 103 Å². The molecule has 6 nitrogen and oxygen atoms in total. The van der Waals surface area contributed by atoms with E-state index in [0.29, 0.717) is 19.3 Å². The molecule has 0 fully saturated rings. The van der Waals surface area contributed by atoms with Gasteiger partial charge in [0.05, 0.1) is 0 Å². The first-order valence-corrected chi connectivity index (χ1v) is 28.7. The van der Waals surface area contributed by atoms with Crippen molar-refractivity contribution in [2.75, 3.05) is 13.2 Å². The summed E-state index contributed by atoms with van der Waals surface area (Å²) in [6.07, 6.45) is 81.6. The highest BCUT2D eigenvalue weighted by Gasteiger charge is 2.19. The van der Waals surface area contributed by atoms with Gasteiger partial charge in [0.2, 0.25) is 0 Å². The summed E-state index contributed by atoms with van der Waals surface area (Å²) in [5.74, 6) is -1.05. The number of carbonyl (C=O) groups is 3. The molecule has 0 saturated carbocycles. The number of hydrogen-bond acceptors (Lipinski definition) is 6. The van der Waals surface area contributed by atoms with Gasteiger partial charge in [0.25, 0.3) is 0 Å². The van der Waals surface area contributed by atoms with Gasteiger partial charge in [-0.1, -0.05) is 225 Å². The minimum atomic E-state index is -0.839. The zero-order valence-electron chi connectivity index (χ0n) is 45.7. The Balaban J connectivity index is 4.59. The number of hydrogen-bond donors (Lipinski definition) is 0. The second-order valence-electron chi connectivity index (χ2n) is 18.5. The van der Waals surface area contributed by atoms with Gasteiger partial charge < -0.3 is 14.2 Å². The summed E-state index contributed by atoms with van der Waals surface area (Å²) < 4.78 is 16.8. The summed E-state index contributed by atoms with van der Waals surface area (Å²) in [4.78, 5) is 38.1. The fourth-order valence-corrected chi connectivity index (χ4v) is 7.33. The summed E-state index contributed by atoms with van der Waals surface area (Å²) in [6, 6.07) is 0. The van der Waals surface area contributed by atoms with Gasteiger partial charge in [-0.05, 0) is 128 Å². The van der Waals surface area contributed by atoms with Gasteiger partial charge in [0, 0.05) is 19.3 Å². The van der Waals surface area contributed by atoms with Crippen LogP contribution in [-0.2, 0) is 28.6 Å². The van der Waals surface area contributed by atoms with Crippen molar-refractivity contribution in [3.8, 4) is 0 Å². The number of esters is 3. The Labute approximate surface area is 436 Å². The predicted octanol–water partition coefficient (Wildman–Crippen LogP) is 19.4. The molecule has 71 heavy (non-hydrogen) atoms. The van der Waals surface area contributed by atoms with Gasteiger partial charge >= 0.3 is 17.9 Å². The Morgan fingerprint density at radius 3 is 0.972 bits per heavy atom. The maximum Gasteiger partial charge on any atom is 0.306 e. The highest BCUT2D eigenvalue weighted by Crippen LogP contribution is 2.13. The van der Waals surface area contributed by atoms with Crippen molar-refractivity contribution in [1.29, 1.82) is 0 Å². The third kappa shape index (κ3) is 56.3. The van der Waals surface area contributed by atoms with Gasteiger partial charge in [-0.2, -0.15) is 0 Å². The van der Waals surface area contributed by atoms with Crippen LogP contribution in [0.15, 0.2) is 134 Å². The molecule has 0 aliphatic carbocycles. The van der Waals surface area contributed by atoms with E-state index in [2.05, 4.69) is 142 Å². The lowest BCUT2D eigenvalue weighted by Crippen LogP contribution is -2.30. The molecular weight excluding hydrogens is 877 g/mol. The molecule has 400 valence electrons. The fraction of sp³-hybridized carbons (Fsp3) is 0.615. The van der Waals surface area contributed by atoms with Crippen LogP contribution in [0.3, 0.4) is 0 Å². The molecule has 0 radical (unpaired) electrons. The first kappa shape index (κ1) is 66.6. The average Bonchev–Trinajstić information content (AvgIpc) is 3.37. The van der Waals surface area contributed by atoms with Crippen molar-refractivity contribution in [2.24, 2.45) is 0 Å². The normalized spacial score (nSPS) is 13.1. The second kappa shape index (κ2) is 58.1. The monoisotopic (exact) mass is 981 g/mol. The van der Waals surface area contributed by atoms with Crippen LogP contribution in [0.4, 0.5) is 0 Å². The van der Waals surface area contributed by atoms with Crippen molar-refractivity contribution in [3.63, 3.8) is 0 Å². The van der Waals surface area contributed by atoms with E-state index in [1.807, 2.05) is 12.2 Å². The number of ether oxygens (including phenoxy) is 3. The second-order valence-corrected chi connectivity index (χ2v) is 18.5. The Morgan fingerprint density at radius 2 is 0.577 bits per heavy atom. The van der Waals surface area contributed by atoms with E-state index in [9.17, 15) is 14.4 Å². The maximum atomic E-state index is 12.8. The number of unbranched alkanes of at least 4 members (excludes halogenated alkanes) is 17. The molecule has 0 saturated heterocycles. The lowest BCUT2D eigenvalue weighted by Gasteiger charge is -2.18. The van der Waals surface area contributed by atoms with Crippen LogP contribution >= 0.6 is 0 Å². The molecule has 0 unspecified atom stereocenters. The number of carbonyl (C=O) groups excluding carboxylic acids is 3. The minimum Gasteiger partial charge on any atom is -0.462 e. The highest BCUT2D eigenvalue weighted by atomic mass is 16.6. The maximum absolute atomic E-state index is 12.8. The molecular formula is C65H104O6. The molecule has 0 N–H and O–H groups in total. The molecule has 0 aliphatic heterocycles. The Bertz CT molecular complexity index is 1550. The molecule has 0 spiro atoms. The first-order valence-electron chi connectivity index (χ1n) is 28.7. The van der Waals surface area contributed by atoms with Crippen molar-refractivity contribution in [1.82, 2.24) is 0 Å². The van der Waals surface area contributed by atoms with Gasteiger partial charge in [0.15, 0.2) is 6.10 Å². The minimum absolute atomic E-state index is 0.125. The van der Waals surface area contributed by atoms with E-state index in [1.54, 1.807) is 0 Å². The highest BCUT2D eigenvalue weighted by molar-refractivity contribution is 5.71. The Morgan fingerprint density at radius 1 is 0.296 bits per heavy atom. The van der Waals surface area contributed by atoms with Crippen LogP contribution in [0.1, 0.15) is 239 Å². The van der Waals surface area contributed by atoms with E-state index >= 15 is 0 Å². The van der Waals surface area contributed by atoms with Crippen molar-refractivity contribution in [3.05, 3.63) is 134 Å². The zero-order chi connectivity index (χ0) is 51.4. The summed E-state index contributed by atoms with van der Waals surface area (Å²) in [5, 5.41) is 0. The van der Waals surface area contributed by atoms with E-state index < -0.39 is 12.1 Å². The average molecular weight is 982 g/mol. The summed E-state index contributed by atoms with van der Waals surface area (Å²) in [6.45, 7) is 6.38. The van der Waals surface area contributed by atoms with Crippen LogP contribution in [0.5, 0.6) is 0 Å². The van der Waals surface area contributed by atoms with Crippen molar-refractivity contribution >= 4 is 17.9 Å². The molecule has 6 heteroatoms. The van der Waals surface area contributed by atoms with Gasteiger partial charge in [-0.25, -0.2) is 0 Å². The smallest absolute Gasteiger partial charge is 0.306 e. The van der Waals surface area contributed by atoms with Gasteiger partial charge in [-0.3, -0.25) is 14.4 Å². The molecule has 1 atom stereocenters. The Kier molecular flexibility index (Phi) is 54.5. The van der Waals surface area contributed by atoms with Crippen LogP contribution in [0, 0.1) is 0 Å². The largest absolute Gasteiger partial charge is 0.462 e. The third-order valence-corrected chi connectivity index (χ3v) is 11.6. The van der Waals surface area contributed by atoms with Crippen molar-refractivity contribution in [2.45, 2.75) is 245 Å². The molecule has 0 aromatic rings. The number of allylic oxidation sites excluding steroid dienone is 22. The standard InChI is InChI=1S/C65H104O6/c1-4-7-10-13-16-19-22-25-28-30-32-34-37-40-43-46-49-52-55-58-64(67)70-61-62(60-69-63(66)57-54-51-48-45-42-39-36-27-24-21-18-15-12-9-6-3)71-65(68)59-56-53-50-47-44-41-38-35-33-31-29-26-23-20-17-14-11-8-5-2/h7,10,16-17,19-21,24-26,28-29,32-35,40-41,43-44,50,53,62H,4-6,8-9,11-15,18,22-23,27,30-31,36-39,42,45-49,51-52,54-61H2,1-3H3/b10-7-,19-16-,20-17-,24-21-,28-25-,29-26-,34-32-,35-33-,43-40-,44-41-,53-50-/t62-/m0/s1. The zero-order valence-corrected chi connectivity index (χ0v) is 45.7. The first-order chi connectivity index (χ1) is 35.0. The lowest BCUT2D eigenvalue weighted by molar-refractivity contribution is -0.166. The molecule has 0 aliphatic rings. The molecule has 0 amide bonds. The topological polar surface area (TPSA) is 78.9 Å². The van der Waals surface area contributed by atoms with Crippen LogP contribution in [0.25, 0.3) is 0 Å². The van der Waals surface area contributed by atoms with Crippen LogP contribution in [0.2, 0.25) is 0 Å². The summed E-state index contributed by atoms with van der Waals surface area (Å²) >= 11 is 0. The van der Waals surface area contributed by atoms with Crippen LogP contribution in [-0.4, -0.2) is 37.2 Å². The molecule has 0 aromatic carbocycles. The summed E-state index contributed by atoms with van der Waals surface area (Å²) in [5.41, 5.74) is 0. The molecule has 0 aromatic heterocycles. The van der Waals surface area contributed by atoms with Gasteiger partial charge in [-0.15, -0.1) is 0 Å². The molecule has 0 bridgehead atoms. The third-order valence-electron chi connectivity index (χ3n) is 11.6. The lowest BCUT2D eigenvalue weighted by atomic mass is 10.1. The predicted molar refractivity (Wildman–Crippen MR) is 306 cm³/mol. The summed E-state index contributed by atoms with van der Waals surface area (Å²) in [7, 11) is 0. The Hall–Kier alpha value is -4.45.